The summed E-state index contributed by atoms with van der Waals surface area (Å²) >= 11 is 0. The number of esters is 1. The fourth-order valence-electron chi connectivity index (χ4n) is 1.63. The molecule has 0 spiro atoms. The van der Waals surface area contributed by atoms with E-state index in [1.807, 2.05) is 37.3 Å². The first-order chi connectivity index (χ1) is 9.04. The van der Waals surface area contributed by atoms with Crippen molar-refractivity contribution in [2.24, 2.45) is 0 Å². The number of hydrogen-bond donors (Lipinski definition) is 1. The summed E-state index contributed by atoms with van der Waals surface area (Å²) in [6.45, 7) is 4.03. The van der Waals surface area contributed by atoms with Crippen LogP contribution in [0.1, 0.15) is 19.4 Å². The minimum absolute atomic E-state index is 0.0171. The molecule has 1 rings (SSSR count). The highest BCUT2D eigenvalue weighted by atomic mass is 16.5. The largest absolute Gasteiger partial charge is 0.480 e. The molecule has 0 aliphatic rings. The summed E-state index contributed by atoms with van der Waals surface area (Å²) in [6, 6.07) is 8.66. The van der Waals surface area contributed by atoms with Gasteiger partial charge >= 0.3 is 11.9 Å². The Balaban J connectivity index is 2.43. The maximum absolute atomic E-state index is 11.7. The lowest BCUT2D eigenvalue weighted by atomic mass is 10.2. The lowest BCUT2D eigenvalue weighted by Crippen LogP contribution is -2.42. The molecule has 0 amide bonds. The lowest BCUT2D eigenvalue weighted by Gasteiger charge is -2.23. The maximum atomic E-state index is 11.7. The third-order valence-corrected chi connectivity index (χ3v) is 2.89. The lowest BCUT2D eigenvalue weighted by molar-refractivity contribution is -0.149. The van der Waals surface area contributed by atoms with E-state index in [1.54, 1.807) is 11.8 Å². The highest BCUT2D eigenvalue weighted by molar-refractivity contribution is 5.76. The van der Waals surface area contributed by atoms with Gasteiger partial charge in [-0.3, -0.25) is 14.5 Å². The number of likely N-dealkylation sites (N-methyl/N-ethyl adjacent to an activating group) is 1. The van der Waals surface area contributed by atoms with Crippen molar-refractivity contribution in [1.82, 2.24) is 4.90 Å². The number of ether oxygens (including phenoxy) is 1. The van der Waals surface area contributed by atoms with Gasteiger partial charge in [0, 0.05) is 0 Å². The Morgan fingerprint density at radius 3 is 2.47 bits per heavy atom. The van der Waals surface area contributed by atoms with Crippen molar-refractivity contribution in [3.63, 3.8) is 0 Å². The van der Waals surface area contributed by atoms with Gasteiger partial charge in [-0.25, -0.2) is 0 Å². The summed E-state index contributed by atoms with van der Waals surface area (Å²) in [5, 5.41) is 8.91. The zero-order valence-corrected chi connectivity index (χ0v) is 11.2. The predicted molar refractivity (Wildman–Crippen MR) is 70.6 cm³/mol. The molecular weight excluding hydrogens is 246 g/mol. The average Bonchev–Trinajstić information content (AvgIpc) is 2.42. The van der Waals surface area contributed by atoms with Crippen LogP contribution in [0.15, 0.2) is 30.3 Å². The number of rotatable bonds is 7. The summed E-state index contributed by atoms with van der Waals surface area (Å²) in [5.41, 5.74) is 0.908. The highest BCUT2D eigenvalue weighted by Gasteiger charge is 2.21. The Bertz CT molecular complexity index is 419. The van der Waals surface area contributed by atoms with E-state index in [1.165, 1.54) is 0 Å². The highest BCUT2D eigenvalue weighted by Crippen LogP contribution is 2.03. The van der Waals surface area contributed by atoms with Gasteiger partial charge in [-0.1, -0.05) is 37.3 Å². The molecule has 0 bridgehead atoms. The number of carboxylic acid groups (broad SMARTS) is 1. The zero-order chi connectivity index (χ0) is 14.3. The van der Waals surface area contributed by atoms with E-state index in [-0.39, 0.29) is 13.2 Å². The SMILES string of the molecule is CCN(CC(=O)OCc1ccccc1)[C@@H](C)C(=O)O. The Kier molecular flexibility index (Phi) is 6.02. The molecule has 0 aliphatic carbocycles. The number of carbonyl (C=O) groups is 2. The number of carbonyl (C=O) groups excluding carboxylic acids is 1. The van der Waals surface area contributed by atoms with E-state index >= 15 is 0 Å². The number of nitrogens with zero attached hydrogens (tertiary/aromatic N) is 1. The van der Waals surface area contributed by atoms with Crippen LogP contribution in [-0.2, 0) is 20.9 Å². The molecule has 0 saturated carbocycles. The summed E-state index contributed by atoms with van der Waals surface area (Å²) in [4.78, 5) is 24.1. The van der Waals surface area contributed by atoms with Gasteiger partial charge in [-0.2, -0.15) is 0 Å². The number of hydrogen-bond acceptors (Lipinski definition) is 4. The Hall–Kier alpha value is -1.88. The second kappa shape index (κ2) is 7.53. The molecule has 0 aromatic heterocycles. The molecule has 5 heteroatoms. The quantitative estimate of drug-likeness (QED) is 0.757. The van der Waals surface area contributed by atoms with Gasteiger partial charge in [-0.05, 0) is 19.0 Å². The fourth-order valence-corrected chi connectivity index (χ4v) is 1.63. The van der Waals surface area contributed by atoms with Gasteiger partial charge in [0.15, 0.2) is 0 Å². The molecule has 1 N–H and O–H groups in total. The fraction of sp³-hybridized carbons (Fsp3) is 0.429. The third-order valence-electron chi connectivity index (χ3n) is 2.89. The van der Waals surface area contributed by atoms with E-state index in [4.69, 9.17) is 9.84 Å². The van der Waals surface area contributed by atoms with Crippen LogP contribution in [0.2, 0.25) is 0 Å². The summed E-state index contributed by atoms with van der Waals surface area (Å²) in [5.74, 6) is -1.36. The monoisotopic (exact) mass is 265 g/mol. The van der Waals surface area contributed by atoms with Gasteiger partial charge in [0.2, 0.25) is 0 Å². The number of benzene rings is 1. The van der Waals surface area contributed by atoms with Crippen LogP contribution in [0, 0.1) is 0 Å². The smallest absolute Gasteiger partial charge is 0.320 e. The normalized spacial score (nSPS) is 12.2. The average molecular weight is 265 g/mol. The molecule has 104 valence electrons. The predicted octanol–water partition coefficient (Wildman–Crippen LogP) is 1.52. The Morgan fingerprint density at radius 2 is 1.95 bits per heavy atom. The van der Waals surface area contributed by atoms with Gasteiger partial charge in [-0.15, -0.1) is 0 Å². The molecule has 0 fully saturated rings. The van der Waals surface area contributed by atoms with Gasteiger partial charge in [0.1, 0.15) is 12.6 Å². The van der Waals surface area contributed by atoms with E-state index in [9.17, 15) is 9.59 Å². The summed E-state index contributed by atoms with van der Waals surface area (Å²) < 4.78 is 5.12. The summed E-state index contributed by atoms with van der Waals surface area (Å²) in [7, 11) is 0. The van der Waals surface area contributed by atoms with Crippen LogP contribution in [-0.4, -0.2) is 41.1 Å². The van der Waals surface area contributed by atoms with Gasteiger partial charge < -0.3 is 9.84 Å². The second-order valence-electron chi connectivity index (χ2n) is 4.22. The first-order valence-corrected chi connectivity index (χ1v) is 6.21. The summed E-state index contributed by atoms with van der Waals surface area (Å²) in [6.07, 6.45) is 0. The van der Waals surface area contributed by atoms with E-state index in [2.05, 4.69) is 0 Å². The number of carboxylic acids is 1. The van der Waals surface area contributed by atoms with Crippen molar-refractivity contribution in [2.45, 2.75) is 26.5 Å². The van der Waals surface area contributed by atoms with Crippen LogP contribution in [0.25, 0.3) is 0 Å². The Morgan fingerprint density at radius 1 is 1.32 bits per heavy atom. The molecule has 0 heterocycles. The maximum Gasteiger partial charge on any atom is 0.320 e. The van der Waals surface area contributed by atoms with Crippen LogP contribution in [0.4, 0.5) is 0 Å². The van der Waals surface area contributed by atoms with Gasteiger partial charge in [0.25, 0.3) is 0 Å². The molecule has 1 aromatic carbocycles. The molecule has 0 unspecified atom stereocenters. The van der Waals surface area contributed by atoms with Crippen molar-refractivity contribution in [2.75, 3.05) is 13.1 Å². The first kappa shape index (κ1) is 15.2. The second-order valence-corrected chi connectivity index (χ2v) is 4.22. The van der Waals surface area contributed by atoms with Crippen LogP contribution < -0.4 is 0 Å². The van der Waals surface area contributed by atoms with Crippen LogP contribution in [0.5, 0.6) is 0 Å². The van der Waals surface area contributed by atoms with Crippen molar-refractivity contribution in [3.05, 3.63) is 35.9 Å². The third kappa shape index (κ3) is 5.09. The zero-order valence-electron chi connectivity index (χ0n) is 11.2. The minimum Gasteiger partial charge on any atom is -0.480 e. The number of aliphatic carboxylic acids is 1. The topological polar surface area (TPSA) is 66.8 Å². The Labute approximate surface area is 112 Å². The molecule has 19 heavy (non-hydrogen) atoms. The first-order valence-electron chi connectivity index (χ1n) is 6.21. The van der Waals surface area contributed by atoms with Crippen LogP contribution >= 0.6 is 0 Å². The molecule has 1 aromatic rings. The molecule has 5 nitrogen and oxygen atoms in total. The molecule has 0 radical (unpaired) electrons. The van der Waals surface area contributed by atoms with Crippen molar-refractivity contribution >= 4 is 11.9 Å². The van der Waals surface area contributed by atoms with Crippen molar-refractivity contribution < 1.29 is 19.4 Å². The van der Waals surface area contributed by atoms with Crippen molar-refractivity contribution in [1.29, 1.82) is 0 Å². The standard InChI is InChI=1S/C14H19NO4/c1-3-15(11(2)14(17)18)9-13(16)19-10-12-7-5-4-6-8-12/h4-8,11H,3,9-10H2,1-2H3,(H,17,18)/t11-/m0/s1. The molecule has 1 atom stereocenters. The van der Waals surface area contributed by atoms with E-state index in [0.717, 1.165) is 5.56 Å². The molecule has 0 saturated heterocycles. The van der Waals surface area contributed by atoms with Gasteiger partial charge in [0.05, 0.1) is 6.54 Å². The van der Waals surface area contributed by atoms with E-state index < -0.39 is 18.0 Å². The molecule has 0 aliphatic heterocycles. The molecular formula is C14H19NO4. The van der Waals surface area contributed by atoms with Crippen LogP contribution in [0.3, 0.4) is 0 Å². The minimum atomic E-state index is -0.947. The van der Waals surface area contributed by atoms with E-state index in [0.29, 0.717) is 6.54 Å². The van der Waals surface area contributed by atoms with Crippen molar-refractivity contribution in [3.8, 4) is 0 Å².